The molecule has 10 heteroatoms. The van der Waals surface area contributed by atoms with Crippen molar-refractivity contribution in [3.8, 4) is 0 Å². The quantitative estimate of drug-likeness (QED) is 0.553. The summed E-state index contributed by atoms with van der Waals surface area (Å²) in [7, 11) is -3.75. The summed E-state index contributed by atoms with van der Waals surface area (Å²) < 4.78 is 27.3. The first-order valence-corrected chi connectivity index (χ1v) is 10.9. The highest BCUT2D eigenvalue weighted by Crippen LogP contribution is 2.33. The van der Waals surface area contributed by atoms with Gasteiger partial charge in [0.1, 0.15) is 5.69 Å². The zero-order valence-electron chi connectivity index (χ0n) is 16.2. The lowest BCUT2D eigenvalue weighted by molar-refractivity contribution is -0.384. The van der Waals surface area contributed by atoms with Crippen LogP contribution in [0.2, 0.25) is 0 Å². The first kappa shape index (κ1) is 20.5. The average Bonchev–Trinajstić information content (AvgIpc) is 2.68. The van der Waals surface area contributed by atoms with Crippen molar-refractivity contribution in [1.29, 1.82) is 0 Å². The van der Waals surface area contributed by atoms with E-state index in [1.54, 1.807) is 4.90 Å². The number of nitrogens with zero attached hydrogens (tertiary/aromatic N) is 4. The molecule has 0 N–H and O–H groups in total. The van der Waals surface area contributed by atoms with E-state index in [0.717, 1.165) is 12.8 Å². The van der Waals surface area contributed by atoms with Crippen LogP contribution < -0.4 is 4.90 Å². The van der Waals surface area contributed by atoms with Gasteiger partial charge in [-0.15, -0.1) is 0 Å². The Labute approximate surface area is 165 Å². The minimum Gasteiger partial charge on any atom is -0.362 e. The molecule has 28 heavy (non-hydrogen) atoms. The topological polar surface area (TPSA) is 104 Å². The van der Waals surface area contributed by atoms with E-state index in [9.17, 15) is 23.3 Å². The van der Waals surface area contributed by atoms with Crippen molar-refractivity contribution in [3.63, 3.8) is 0 Å². The first-order chi connectivity index (χ1) is 13.2. The van der Waals surface area contributed by atoms with E-state index in [-0.39, 0.29) is 16.5 Å². The molecule has 2 aliphatic rings. The first-order valence-electron chi connectivity index (χ1n) is 9.49. The lowest BCUT2D eigenvalue weighted by atomic mass is 10.0. The molecule has 3 rings (SSSR count). The number of piperidine rings is 1. The van der Waals surface area contributed by atoms with Gasteiger partial charge in [0.2, 0.25) is 15.9 Å². The molecule has 2 saturated heterocycles. The smallest absolute Gasteiger partial charge is 0.293 e. The van der Waals surface area contributed by atoms with E-state index in [1.807, 2.05) is 4.90 Å². The number of hydrogen-bond donors (Lipinski definition) is 0. The van der Waals surface area contributed by atoms with Crippen molar-refractivity contribution < 1.29 is 18.1 Å². The number of carbonyl (C=O) groups is 1. The van der Waals surface area contributed by atoms with E-state index in [4.69, 9.17) is 0 Å². The minimum atomic E-state index is -3.75. The summed E-state index contributed by atoms with van der Waals surface area (Å²) in [6.45, 7) is 6.37. The van der Waals surface area contributed by atoms with Crippen molar-refractivity contribution >= 4 is 27.3 Å². The normalized spacial score (nSPS) is 19.6. The van der Waals surface area contributed by atoms with Crippen LogP contribution in [-0.4, -0.2) is 67.7 Å². The minimum absolute atomic E-state index is 0.0218. The lowest BCUT2D eigenvalue weighted by Crippen LogP contribution is -2.48. The molecule has 0 aromatic heterocycles. The molecule has 0 aliphatic carbocycles. The third kappa shape index (κ3) is 4.12. The molecule has 2 heterocycles. The van der Waals surface area contributed by atoms with Crippen LogP contribution in [-0.2, 0) is 14.8 Å². The summed E-state index contributed by atoms with van der Waals surface area (Å²) in [5, 5.41) is 11.6. The van der Waals surface area contributed by atoms with Gasteiger partial charge in [0, 0.05) is 52.3 Å². The van der Waals surface area contributed by atoms with Crippen LogP contribution in [0.5, 0.6) is 0 Å². The van der Waals surface area contributed by atoms with Crippen LogP contribution in [0.3, 0.4) is 0 Å². The van der Waals surface area contributed by atoms with Crippen LogP contribution in [0.4, 0.5) is 11.4 Å². The molecule has 0 unspecified atom stereocenters. The summed E-state index contributed by atoms with van der Waals surface area (Å²) in [4.78, 5) is 26.1. The number of nitro groups is 1. The summed E-state index contributed by atoms with van der Waals surface area (Å²) in [6.07, 6.45) is 1.58. The molecule has 0 bridgehead atoms. The molecule has 154 valence electrons. The van der Waals surface area contributed by atoms with Crippen molar-refractivity contribution in [3.05, 3.63) is 28.3 Å². The van der Waals surface area contributed by atoms with Crippen LogP contribution >= 0.6 is 0 Å². The van der Waals surface area contributed by atoms with Crippen LogP contribution in [0.25, 0.3) is 0 Å². The Hall–Kier alpha value is -2.20. The van der Waals surface area contributed by atoms with E-state index < -0.39 is 14.9 Å². The van der Waals surface area contributed by atoms with Gasteiger partial charge in [-0.3, -0.25) is 14.9 Å². The summed E-state index contributed by atoms with van der Waals surface area (Å²) in [6, 6.07) is 4.13. The highest BCUT2D eigenvalue weighted by Gasteiger charge is 2.31. The van der Waals surface area contributed by atoms with Gasteiger partial charge >= 0.3 is 0 Å². The molecule has 0 spiro atoms. The van der Waals surface area contributed by atoms with Gasteiger partial charge in [-0.1, -0.05) is 6.92 Å². The van der Waals surface area contributed by atoms with Gasteiger partial charge in [0.15, 0.2) is 0 Å². The third-order valence-corrected chi connectivity index (χ3v) is 7.48. The van der Waals surface area contributed by atoms with Crippen LogP contribution in [0.15, 0.2) is 23.1 Å². The summed E-state index contributed by atoms with van der Waals surface area (Å²) in [5.41, 5.74) is 0.169. The summed E-state index contributed by atoms with van der Waals surface area (Å²) in [5.74, 6) is 0.461. The number of rotatable bonds is 4. The maximum Gasteiger partial charge on any atom is 0.293 e. The average molecular weight is 410 g/mol. The third-order valence-electron chi connectivity index (χ3n) is 5.59. The zero-order chi connectivity index (χ0) is 20.5. The van der Waals surface area contributed by atoms with Crippen molar-refractivity contribution in [2.45, 2.75) is 31.6 Å². The van der Waals surface area contributed by atoms with Gasteiger partial charge in [-0.25, -0.2) is 8.42 Å². The SMILES string of the molecule is CC(=O)N1CCN(c2ccc(S(=O)(=O)N3CCC(C)CC3)cc2[N+](=O)[O-])CC1. The Morgan fingerprint density at radius 1 is 1.11 bits per heavy atom. The van der Waals surface area contributed by atoms with Crippen molar-refractivity contribution in [1.82, 2.24) is 9.21 Å². The summed E-state index contributed by atoms with van der Waals surface area (Å²) >= 11 is 0. The monoisotopic (exact) mass is 410 g/mol. The number of benzene rings is 1. The number of nitro benzene ring substituents is 1. The van der Waals surface area contributed by atoms with E-state index in [2.05, 4.69) is 6.92 Å². The Morgan fingerprint density at radius 2 is 1.71 bits per heavy atom. The molecular formula is C18H26N4O5S. The molecule has 0 saturated carbocycles. The molecule has 1 amide bonds. The predicted octanol–water partition coefficient (Wildman–Crippen LogP) is 1.68. The van der Waals surface area contributed by atoms with Gasteiger partial charge < -0.3 is 9.80 Å². The molecule has 2 fully saturated rings. The van der Waals surface area contributed by atoms with Crippen LogP contribution in [0.1, 0.15) is 26.7 Å². The van der Waals surface area contributed by atoms with E-state index >= 15 is 0 Å². The molecule has 9 nitrogen and oxygen atoms in total. The Bertz CT molecular complexity index is 857. The zero-order valence-corrected chi connectivity index (χ0v) is 17.0. The maximum atomic E-state index is 12.9. The van der Waals surface area contributed by atoms with Gasteiger partial charge in [0.05, 0.1) is 9.82 Å². The fourth-order valence-electron chi connectivity index (χ4n) is 3.71. The number of hydrogen-bond acceptors (Lipinski definition) is 6. The highest BCUT2D eigenvalue weighted by atomic mass is 32.2. The van der Waals surface area contributed by atoms with E-state index in [1.165, 1.54) is 29.4 Å². The second-order valence-corrected chi connectivity index (χ2v) is 9.43. The molecule has 1 aromatic carbocycles. The fraction of sp³-hybridized carbons (Fsp3) is 0.611. The number of carbonyl (C=O) groups excluding carboxylic acids is 1. The largest absolute Gasteiger partial charge is 0.362 e. The van der Waals surface area contributed by atoms with Crippen molar-refractivity contribution in [2.24, 2.45) is 5.92 Å². The number of sulfonamides is 1. The Balaban J connectivity index is 1.86. The van der Waals surface area contributed by atoms with Crippen molar-refractivity contribution in [2.75, 3.05) is 44.2 Å². The highest BCUT2D eigenvalue weighted by molar-refractivity contribution is 7.89. The molecule has 1 aromatic rings. The lowest BCUT2D eigenvalue weighted by Gasteiger charge is -2.35. The van der Waals surface area contributed by atoms with Gasteiger partial charge in [-0.2, -0.15) is 4.31 Å². The maximum absolute atomic E-state index is 12.9. The molecule has 0 radical (unpaired) electrons. The Morgan fingerprint density at radius 3 is 2.25 bits per heavy atom. The predicted molar refractivity (Wildman–Crippen MR) is 105 cm³/mol. The standard InChI is InChI=1S/C18H26N4O5S/c1-14-5-7-21(8-6-14)28(26,27)16-3-4-17(18(13-16)22(24)25)20-11-9-19(10-12-20)15(2)23/h3-4,13-14H,5-12H2,1-2H3. The molecule has 2 aliphatic heterocycles. The number of amides is 1. The second-order valence-electron chi connectivity index (χ2n) is 7.49. The number of anilines is 1. The van der Waals surface area contributed by atoms with Crippen LogP contribution in [0, 0.1) is 16.0 Å². The van der Waals surface area contributed by atoms with E-state index in [0.29, 0.717) is 50.9 Å². The van der Waals surface area contributed by atoms with Gasteiger partial charge in [0.25, 0.3) is 5.69 Å². The molecular weight excluding hydrogens is 384 g/mol. The number of piperazine rings is 1. The fourth-order valence-corrected chi connectivity index (χ4v) is 5.20. The van der Waals surface area contributed by atoms with Gasteiger partial charge in [-0.05, 0) is 30.9 Å². The Kier molecular flexibility index (Phi) is 5.90. The second kappa shape index (κ2) is 8.04. The molecule has 0 atom stereocenters.